The fourth-order valence-electron chi connectivity index (χ4n) is 2.48. The van der Waals surface area contributed by atoms with E-state index in [-0.39, 0.29) is 13.0 Å². The summed E-state index contributed by atoms with van der Waals surface area (Å²) in [6.45, 7) is -1.10. The van der Waals surface area contributed by atoms with Gasteiger partial charge in [0.1, 0.15) is 24.4 Å². The number of hydrogen-bond donors (Lipinski definition) is 6. The summed E-state index contributed by atoms with van der Waals surface area (Å²) in [5.74, 6) is -4.38. The van der Waals surface area contributed by atoms with Gasteiger partial charge in [-0.15, -0.1) is 0 Å². The molecular formula is C14H26F2N2O6. The molecule has 0 amide bonds. The third-order valence-corrected chi connectivity index (χ3v) is 4.02. The highest BCUT2D eigenvalue weighted by Gasteiger charge is 2.48. The first-order valence-corrected chi connectivity index (χ1v) is 7.88. The summed E-state index contributed by atoms with van der Waals surface area (Å²) in [5.41, 5.74) is 5.33. The van der Waals surface area contributed by atoms with E-state index in [1.165, 1.54) is 0 Å². The zero-order chi connectivity index (χ0) is 18.3. The normalized spacial score (nSPS) is 29.4. The molecule has 5 atom stereocenters. The Morgan fingerprint density at radius 2 is 2.04 bits per heavy atom. The minimum absolute atomic E-state index is 0.253. The van der Waals surface area contributed by atoms with Crippen LogP contribution in [0.3, 0.4) is 0 Å². The van der Waals surface area contributed by atoms with Crippen LogP contribution in [0.25, 0.3) is 0 Å². The Labute approximate surface area is 138 Å². The molecule has 1 aliphatic rings. The number of rotatable bonds is 10. The van der Waals surface area contributed by atoms with Gasteiger partial charge in [0.05, 0.1) is 19.3 Å². The van der Waals surface area contributed by atoms with E-state index in [1.54, 1.807) is 0 Å². The van der Waals surface area contributed by atoms with Gasteiger partial charge in [0.25, 0.3) is 5.92 Å². The van der Waals surface area contributed by atoms with Gasteiger partial charge in [0.15, 0.2) is 0 Å². The molecule has 0 radical (unpaired) electrons. The van der Waals surface area contributed by atoms with E-state index in [4.69, 9.17) is 20.7 Å². The molecular weight excluding hydrogens is 330 g/mol. The summed E-state index contributed by atoms with van der Waals surface area (Å²) in [6, 6.07) is -0.953. The number of unbranched alkanes of at least 4 members (excludes halogenated alkanes) is 1. The van der Waals surface area contributed by atoms with Gasteiger partial charge in [0.2, 0.25) is 0 Å². The Kier molecular flexibility index (Phi) is 8.40. The van der Waals surface area contributed by atoms with Crippen LogP contribution in [0, 0.1) is 0 Å². The quantitative estimate of drug-likeness (QED) is 0.264. The number of alkyl halides is 2. The van der Waals surface area contributed by atoms with Gasteiger partial charge in [-0.05, 0) is 19.4 Å². The lowest BCUT2D eigenvalue weighted by atomic mass is 9.94. The number of aliphatic carboxylic acids is 1. The van der Waals surface area contributed by atoms with Crippen molar-refractivity contribution >= 4 is 5.97 Å². The number of carboxylic acids is 1. The van der Waals surface area contributed by atoms with E-state index in [0.29, 0.717) is 12.8 Å². The van der Waals surface area contributed by atoms with Crippen LogP contribution in [0.2, 0.25) is 0 Å². The Balaban J connectivity index is 2.32. The van der Waals surface area contributed by atoms with Gasteiger partial charge < -0.3 is 36.2 Å². The van der Waals surface area contributed by atoms with Gasteiger partial charge in [-0.25, -0.2) is 8.78 Å². The number of hydrogen-bond acceptors (Lipinski definition) is 7. The molecule has 7 N–H and O–H groups in total. The first kappa shape index (κ1) is 21.1. The van der Waals surface area contributed by atoms with Crippen LogP contribution < -0.4 is 11.1 Å². The van der Waals surface area contributed by atoms with E-state index in [1.807, 2.05) is 0 Å². The lowest BCUT2D eigenvalue weighted by Crippen LogP contribution is -2.56. The van der Waals surface area contributed by atoms with Gasteiger partial charge in [0, 0.05) is 6.42 Å². The van der Waals surface area contributed by atoms with Crippen molar-refractivity contribution in [2.75, 3.05) is 19.7 Å². The van der Waals surface area contributed by atoms with Crippen molar-refractivity contribution in [3.8, 4) is 0 Å². The highest BCUT2D eigenvalue weighted by molar-refractivity contribution is 5.72. The van der Waals surface area contributed by atoms with Crippen LogP contribution in [0.5, 0.6) is 0 Å². The third kappa shape index (κ3) is 6.19. The van der Waals surface area contributed by atoms with E-state index < -0.39 is 61.9 Å². The number of nitrogens with two attached hydrogens (primary N) is 1. The second-order valence-electron chi connectivity index (χ2n) is 6.02. The molecule has 1 saturated heterocycles. The molecule has 0 bridgehead atoms. The van der Waals surface area contributed by atoms with Crippen LogP contribution in [0.15, 0.2) is 0 Å². The molecule has 1 heterocycles. The molecule has 1 aliphatic heterocycles. The zero-order valence-electron chi connectivity index (χ0n) is 13.3. The first-order valence-electron chi connectivity index (χ1n) is 7.88. The SMILES string of the molecule is NC(CCCCNCC(F)(F)[C@H]1CC(O)[C@H](O)C(CO)O1)C(=O)O. The summed E-state index contributed by atoms with van der Waals surface area (Å²) in [4.78, 5) is 10.5. The second-order valence-corrected chi connectivity index (χ2v) is 6.02. The maximum atomic E-state index is 14.1. The molecule has 3 unspecified atom stereocenters. The highest BCUT2D eigenvalue weighted by Crippen LogP contribution is 2.31. The lowest BCUT2D eigenvalue weighted by molar-refractivity contribution is -0.237. The average Bonchev–Trinajstić information content (AvgIpc) is 2.52. The van der Waals surface area contributed by atoms with E-state index >= 15 is 0 Å². The molecule has 0 aromatic rings. The van der Waals surface area contributed by atoms with Crippen molar-refractivity contribution in [2.24, 2.45) is 5.73 Å². The van der Waals surface area contributed by atoms with Gasteiger partial charge in [-0.2, -0.15) is 0 Å². The maximum absolute atomic E-state index is 14.1. The molecule has 0 spiro atoms. The number of aliphatic hydroxyl groups is 3. The highest BCUT2D eigenvalue weighted by atomic mass is 19.3. The summed E-state index contributed by atoms with van der Waals surface area (Å²) >= 11 is 0. The molecule has 0 aromatic carbocycles. The molecule has 0 aliphatic carbocycles. The van der Waals surface area contributed by atoms with Crippen molar-refractivity contribution in [3.63, 3.8) is 0 Å². The molecule has 24 heavy (non-hydrogen) atoms. The van der Waals surface area contributed by atoms with E-state index in [2.05, 4.69) is 5.32 Å². The fourth-order valence-corrected chi connectivity index (χ4v) is 2.48. The standard InChI is InChI=1S/C14H26F2N2O6/c15-14(16,7-18-4-2-1-3-8(17)13(22)23)11-5-9(20)12(21)10(6-19)24-11/h8-12,18-21H,1-7,17H2,(H,22,23)/t8?,9?,10?,11-,12+/m1/s1. The van der Waals surface area contributed by atoms with Crippen LogP contribution in [-0.4, -0.2) is 82.5 Å². The summed E-state index contributed by atoms with van der Waals surface area (Å²) in [7, 11) is 0. The fraction of sp³-hybridized carbons (Fsp3) is 0.929. The zero-order valence-corrected chi connectivity index (χ0v) is 13.3. The predicted octanol–water partition coefficient (Wildman–Crippen LogP) is -1.33. The smallest absolute Gasteiger partial charge is 0.320 e. The third-order valence-electron chi connectivity index (χ3n) is 4.02. The van der Waals surface area contributed by atoms with Crippen molar-refractivity contribution < 1.29 is 38.7 Å². The molecule has 0 saturated carbocycles. The van der Waals surface area contributed by atoms with Gasteiger partial charge in [-0.3, -0.25) is 4.79 Å². The van der Waals surface area contributed by atoms with Crippen LogP contribution in [-0.2, 0) is 9.53 Å². The van der Waals surface area contributed by atoms with Crippen LogP contribution in [0.1, 0.15) is 25.7 Å². The Bertz CT molecular complexity index is 401. The molecule has 142 valence electrons. The topological polar surface area (TPSA) is 145 Å². The molecule has 8 nitrogen and oxygen atoms in total. The van der Waals surface area contributed by atoms with Gasteiger partial charge >= 0.3 is 5.97 Å². The van der Waals surface area contributed by atoms with Crippen molar-refractivity contribution in [1.29, 1.82) is 0 Å². The number of carboxylic acid groups (broad SMARTS) is 1. The monoisotopic (exact) mass is 356 g/mol. The summed E-state index contributed by atoms with van der Waals surface area (Å²) in [6.07, 6.45) is -4.82. The Hall–Kier alpha value is -0.910. The number of nitrogens with one attached hydrogen (secondary N) is 1. The minimum Gasteiger partial charge on any atom is -0.480 e. The second kappa shape index (κ2) is 9.54. The largest absolute Gasteiger partial charge is 0.480 e. The first-order chi connectivity index (χ1) is 11.2. The molecule has 1 fully saturated rings. The van der Waals surface area contributed by atoms with Crippen molar-refractivity contribution in [1.82, 2.24) is 5.32 Å². The predicted molar refractivity (Wildman–Crippen MR) is 79.7 cm³/mol. The molecule has 10 heteroatoms. The van der Waals surface area contributed by atoms with Crippen LogP contribution >= 0.6 is 0 Å². The van der Waals surface area contributed by atoms with Crippen molar-refractivity contribution in [3.05, 3.63) is 0 Å². The van der Waals surface area contributed by atoms with Crippen molar-refractivity contribution in [2.45, 2.75) is 62.1 Å². The summed E-state index contributed by atoms with van der Waals surface area (Å²) in [5, 5.41) is 39.3. The van der Waals surface area contributed by atoms with Crippen LogP contribution in [0.4, 0.5) is 8.78 Å². The Morgan fingerprint density at radius 3 is 2.62 bits per heavy atom. The minimum atomic E-state index is -3.29. The van der Waals surface area contributed by atoms with E-state index in [9.17, 15) is 23.8 Å². The average molecular weight is 356 g/mol. The van der Waals surface area contributed by atoms with E-state index in [0.717, 1.165) is 0 Å². The Morgan fingerprint density at radius 1 is 1.38 bits per heavy atom. The summed E-state index contributed by atoms with van der Waals surface area (Å²) < 4.78 is 33.2. The lowest BCUT2D eigenvalue weighted by Gasteiger charge is -2.39. The molecule has 0 aromatic heterocycles. The molecule has 1 rings (SSSR count). The number of halogens is 2. The maximum Gasteiger partial charge on any atom is 0.320 e. The number of aliphatic hydroxyl groups excluding tert-OH is 3. The number of carbonyl (C=O) groups is 1. The van der Waals surface area contributed by atoms with Gasteiger partial charge in [-0.1, -0.05) is 6.42 Å². The number of ether oxygens (including phenoxy) is 1.